The summed E-state index contributed by atoms with van der Waals surface area (Å²) in [6.45, 7) is -0.369. The van der Waals surface area contributed by atoms with Crippen molar-refractivity contribution in [1.82, 2.24) is 16.0 Å². The van der Waals surface area contributed by atoms with Gasteiger partial charge in [0.1, 0.15) is 13.2 Å². The van der Waals surface area contributed by atoms with E-state index in [4.69, 9.17) is 50.9 Å². The van der Waals surface area contributed by atoms with Crippen LogP contribution in [-0.4, -0.2) is 95.5 Å². The van der Waals surface area contributed by atoms with E-state index in [0.717, 1.165) is 16.2 Å². The minimum Gasteiger partial charge on any atom is -0.467 e. The molecule has 0 saturated carbocycles. The zero-order valence-corrected chi connectivity index (χ0v) is 23.3. The minimum absolute atomic E-state index is 0.0824. The highest BCUT2D eigenvalue weighted by Crippen LogP contribution is 2.11. The third-order valence-electron chi connectivity index (χ3n) is 4.77. The van der Waals surface area contributed by atoms with Gasteiger partial charge in [-0.25, -0.2) is 25.3 Å². The number of thiocarbonyl (C=S) groups is 3. The van der Waals surface area contributed by atoms with Gasteiger partial charge in [-0.3, -0.25) is 0 Å². The van der Waals surface area contributed by atoms with Crippen molar-refractivity contribution in [3.8, 4) is 0 Å². The number of sulfone groups is 3. The Morgan fingerprint density at radius 3 is 1.31 bits per heavy atom. The van der Waals surface area contributed by atoms with Crippen LogP contribution in [0.3, 0.4) is 0 Å². The van der Waals surface area contributed by atoms with Crippen LogP contribution in [0.2, 0.25) is 0 Å². The zero-order chi connectivity index (χ0) is 26.6. The van der Waals surface area contributed by atoms with Gasteiger partial charge in [0.2, 0.25) is 0 Å². The van der Waals surface area contributed by atoms with Gasteiger partial charge in [0, 0.05) is 16.2 Å². The maximum absolute atomic E-state index is 11.6. The Morgan fingerprint density at radius 2 is 1.00 bits per heavy atom. The monoisotopic (exact) mass is 617 g/mol. The van der Waals surface area contributed by atoms with Gasteiger partial charge in [-0.15, -0.1) is 0 Å². The van der Waals surface area contributed by atoms with Gasteiger partial charge in [0.05, 0.1) is 35.4 Å². The highest BCUT2D eigenvalue weighted by atomic mass is 32.2. The molecule has 36 heavy (non-hydrogen) atoms. The van der Waals surface area contributed by atoms with E-state index in [-0.39, 0.29) is 46.0 Å². The molecule has 18 heteroatoms. The lowest BCUT2D eigenvalue weighted by Gasteiger charge is -2.23. The highest BCUT2D eigenvalue weighted by molar-refractivity contribution is 7.95. The molecule has 0 aromatic rings. The quantitative estimate of drug-likeness (QED) is 0.283. The van der Waals surface area contributed by atoms with Crippen LogP contribution >= 0.6 is 36.7 Å². The van der Waals surface area contributed by atoms with E-state index in [1.165, 1.54) is 18.2 Å². The van der Waals surface area contributed by atoms with Crippen LogP contribution in [0.25, 0.3) is 0 Å². The molecule has 3 atom stereocenters. The molecule has 3 rings (SSSR count). The molecule has 0 spiro atoms. The average molecular weight is 618 g/mol. The third kappa shape index (κ3) is 9.55. The van der Waals surface area contributed by atoms with Gasteiger partial charge < -0.3 is 30.2 Å². The molecule has 0 aliphatic carbocycles. The molecular formula is C18H23N3O9S6. The van der Waals surface area contributed by atoms with E-state index in [1.54, 1.807) is 0 Å². The molecule has 3 aliphatic heterocycles. The molecule has 3 heterocycles. The van der Waals surface area contributed by atoms with Crippen LogP contribution in [0.1, 0.15) is 0 Å². The summed E-state index contributed by atoms with van der Waals surface area (Å²) in [4.78, 5) is 0. The van der Waals surface area contributed by atoms with E-state index < -0.39 is 53.7 Å². The standard InChI is InChI=1S/C18H23N3O9S6/c22-34(23)4-1-12(9-34)19-16(31)28-7-15(30-18(33)21-14-3-6-36(26,27)11-14)8-29-17(32)20-13-2-5-35(24,25)10-13/h1-6,12-15H,7-11H2,(H,19,31)(H,20,32)(H,21,33). The van der Waals surface area contributed by atoms with Crippen molar-refractivity contribution < 1.29 is 39.5 Å². The summed E-state index contributed by atoms with van der Waals surface area (Å²) in [7, 11) is -9.88. The summed E-state index contributed by atoms with van der Waals surface area (Å²) < 4.78 is 85.9. The zero-order valence-electron chi connectivity index (χ0n) is 18.4. The Hall–Kier alpha value is -1.86. The van der Waals surface area contributed by atoms with E-state index >= 15 is 0 Å². The second kappa shape index (κ2) is 11.7. The van der Waals surface area contributed by atoms with E-state index in [9.17, 15) is 25.3 Å². The number of nitrogens with one attached hydrogen (secondary N) is 3. The average Bonchev–Trinajstić information content (AvgIpc) is 3.39. The first-order chi connectivity index (χ1) is 16.7. The van der Waals surface area contributed by atoms with Crippen molar-refractivity contribution in [2.75, 3.05) is 30.5 Å². The van der Waals surface area contributed by atoms with Crippen molar-refractivity contribution in [3.05, 3.63) is 34.5 Å². The number of rotatable bonds is 8. The van der Waals surface area contributed by atoms with E-state index in [2.05, 4.69) is 16.0 Å². The smallest absolute Gasteiger partial charge is 0.257 e. The Bertz CT molecular complexity index is 1240. The van der Waals surface area contributed by atoms with Gasteiger partial charge in [-0.1, -0.05) is 0 Å². The van der Waals surface area contributed by atoms with E-state index in [0.29, 0.717) is 0 Å². The minimum atomic E-state index is -3.31. The molecule has 0 amide bonds. The van der Waals surface area contributed by atoms with Crippen molar-refractivity contribution in [1.29, 1.82) is 0 Å². The summed E-state index contributed by atoms with van der Waals surface area (Å²) in [6.07, 6.45) is 3.47. The maximum Gasteiger partial charge on any atom is 0.257 e. The van der Waals surface area contributed by atoms with Gasteiger partial charge in [0.15, 0.2) is 35.6 Å². The normalized spacial score (nSPS) is 27.2. The predicted octanol–water partition coefficient (Wildman–Crippen LogP) is -1.04. The summed E-state index contributed by atoms with van der Waals surface area (Å²) in [6, 6.07) is -1.64. The second-order valence-electron chi connectivity index (χ2n) is 7.95. The van der Waals surface area contributed by atoms with Crippen molar-refractivity contribution in [2.45, 2.75) is 24.2 Å². The van der Waals surface area contributed by atoms with Crippen LogP contribution in [0.4, 0.5) is 0 Å². The van der Waals surface area contributed by atoms with E-state index in [1.807, 2.05) is 0 Å². The first-order valence-electron chi connectivity index (χ1n) is 10.3. The molecule has 12 nitrogen and oxygen atoms in total. The predicted molar refractivity (Wildman–Crippen MR) is 144 cm³/mol. The summed E-state index contributed by atoms with van der Waals surface area (Å²) >= 11 is 15.4. The topological polar surface area (TPSA) is 166 Å². The highest BCUT2D eigenvalue weighted by Gasteiger charge is 2.26. The first-order valence-corrected chi connectivity index (χ1v) is 16.6. The Kier molecular flexibility index (Phi) is 9.31. The molecule has 3 N–H and O–H groups in total. The SMILES string of the molecule is O=S1(=O)C=CC(NC(=S)OCC(COC(=S)NC2C=CS(=O)(=O)C2)OC(=S)NC2C=CS(=O)(=O)C2)C1. The van der Waals surface area contributed by atoms with Crippen LogP contribution in [-0.2, 0) is 43.7 Å². The molecule has 0 saturated heterocycles. The molecule has 200 valence electrons. The van der Waals surface area contributed by atoms with Crippen LogP contribution in [0.15, 0.2) is 34.5 Å². The van der Waals surface area contributed by atoms with Crippen LogP contribution in [0.5, 0.6) is 0 Å². The Morgan fingerprint density at radius 1 is 0.667 bits per heavy atom. The molecular weight excluding hydrogens is 595 g/mol. The number of hydrogen-bond acceptors (Lipinski definition) is 12. The van der Waals surface area contributed by atoms with Gasteiger partial charge in [0.25, 0.3) is 15.5 Å². The summed E-state index contributed by atoms with van der Waals surface area (Å²) in [5, 5.41) is 11.2. The largest absolute Gasteiger partial charge is 0.467 e. The van der Waals surface area contributed by atoms with Gasteiger partial charge in [-0.05, 0) is 54.9 Å². The number of ether oxygens (including phenoxy) is 3. The summed E-state index contributed by atoms with van der Waals surface area (Å²) in [5.74, 6) is -0.487. The van der Waals surface area contributed by atoms with Crippen LogP contribution in [0, 0.1) is 0 Å². The van der Waals surface area contributed by atoms with Crippen molar-refractivity contribution >= 4 is 81.7 Å². The molecule has 0 fully saturated rings. The maximum atomic E-state index is 11.6. The fourth-order valence-electron chi connectivity index (χ4n) is 3.17. The fourth-order valence-corrected chi connectivity index (χ4v) is 7.61. The molecule has 0 radical (unpaired) electrons. The number of hydrogen-bond donors (Lipinski definition) is 3. The Labute approximate surface area is 225 Å². The lowest BCUT2D eigenvalue weighted by Crippen LogP contribution is -2.43. The molecule has 3 aliphatic rings. The lowest BCUT2D eigenvalue weighted by atomic mass is 10.3. The lowest BCUT2D eigenvalue weighted by molar-refractivity contribution is 0.0616. The van der Waals surface area contributed by atoms with Crippen molar-refractivity contribution in [2.24, 2.45) is 0 Å². The van der Waals surface area contributed by atoms with Crippen molar-refractivity contribution in [3.63, 3.8) is 0 Å². The Balaban J connectivity index is 1.51. The van der Waals surface area contributed by atoms with Gasteiger partial charge in [-0.2, -0.15) is 0 Å². The second-order valence-corrected chi connectivity index (χ2v) is 14.9. The third-order valence-corrected chi connectivity index (χ3v) is 9.65. The first kappa shape index (κ1) is 28.7. The molecule has 0 bridgehead atoms. The fraction of sp³-hybridized carbons (Fsp3) is 0.500. The molecule has 0 aromatic heterocycles. The molecule has 3 unspecified atom stereocenters. The van der Waals surface area contributed by atoms with Gasteiger partial charge >= 0.3 is 0 Å². The van der Waals surface area contributed by atoms with Crippen LogP contribution < -0.4 is 16.0 Å². The summed E-state index contributed by atoms with van der Waals surface area (Å²) in [5.41, 5.74) is 0. The molecule has 0 aromatic carbocycles.